The molecule has 2 aliphatic heterocycles. The summed E-state index contributed by atoms with van der Waals surface area (Å²) in [6, 6.07) is 15.2. The molecular weight excluding hydrogens is 637 g/mol. The minimum absolute atomic E-state index is 0.0131. The molecule has 1 saturated heterocycles. The maximum absolute atomic E-state index is 13.2. The monoisotopic (exact) mass is 688 g/mol. The largest absolute Gasteiger partial charge is 0.488 e. The molecule has 9 heteroatoms. The number of hydrogen-bond acceptors (Lipinski definition) is 5. The number of likely N-dealkylation sites (tertiary alicyclic amines) is 1. The number of imidazole rings is 2. The van der Waals surface area contributed by atoms with Crippen LogP contribution in [-0.2, 0) is 22.7 Å². The van der Waals surface area contributed by atoms with Gasteiger partial charge in [0.15, 0.2) is 0 Å². The average molecular weight is 689 g/mol. The van der Waals surface area contributed by atoms with Gasteiger partial charge in [0.2, 0.25) is 11.8 Å². The summed E-state index contributed by atoms with van der Waals surface area (Å²) < 4.78 is 6.40. The number of carbonyl (C=O) groups is 2. The van der Waals surface area contributed by atoms with Crippen molar-refractivity contribution < 1.29 is 14.3 Å². The zero-order chi connectivity index (χ0) is 35.8. The van der Waals surface area contributed by atoms with Gasteiger partial charge < -0.3 is 24.5 Å². The molecule has 2 aliphatic rings. The lowest BCUT2D eigenvalue weighted by atomic mass is 9.92. The number of ether oxygens (including phenoxy) is 1. The van der Waals surface area contributed by atoms with E-state index in [1.165, 1.54) is 0 Å². The van der Waals surface area contributed by atoms with E-state index in [1.54, 1.807) is 0 Å². The first-order valence-electron chi connectivity index (χ1n) is 19.0. The summed E-state index contributed by atoms with van der Waals surface area (Å²) in [5.41, 5.74) is 7.20. The molecule has 2 N–H and O–H groups in total. The van der Waals surface area contributed by atoms with Crippen molar-refractivity contribution in [2.24, 2.45) is 11.8 Å². The third kappa shape index (κ3) is 6.87. The fourth-order valence-corrected chi connectivity index (χ4v) is 7.56. The Bertz CT molecular complexity index is 2060. The molecule has 2 aromatic heterocycles. The predicted octanol–water partition coefficient (Wildman–Crippen LogP) is 9.33. The second-order valence-corrected chi connectivity index (χ2v) is 15.0. The molecule has 4 atom stereocenters. The quantitative estimate of drug-likeness (QED) is 0.136. The van der Waals surface area contributed by atoms with Gasteiger partial charge in [0.1, 0.15) is 24.0 Å². The Kier molecular flexibility index (Phi) is 9.90. The Balaban J connectivity index is 1.13. The molecule has 0 aliphatic carbocycles. The van der Waals surface area contributed by atoms with E-state index in [9.17, 15) is 9.59 Å². The van der Waals surface area contributed by atoms with Gasteiger partial charge in [0.25, 0.3) is 0 Å². The molecule has 9 nitrogen and oxygen atoms in total. The third-order valence-electron chi connectivity index (χ3n) is 11.4. The second-order valence-electron chi connectivity index (χ2n) is 15.0. The van der Waals surface area contributed by atoms with Gasteiger partial charge in [-0.15, -0.1) is 0 Å². The van der Waals surface area contributed by atoms with E-state index in [2.05, 4.69) is 99.0 Å². The molecule has 4 heterocycles. The summed E-state index contributed by atoms with van der Waals surface area (Å²) >= 11 is 0. The number of rotatable bonds is 12. The van der Waals surface area contributed by atoms with Crippen LogP contribution in [0, 0.1) is 11.8 Å². The number of nitrogens with zero attached hydrogens (tertiary/aromatic N) is 4. The minimum Gasteiger partial charge on any atom is -0.488 e. The van der Waals surface area contributed by atoms with Crippen LogP contribution in [0.5, 0.6) is 5.75 Å². The SMILES string of the molecule is CC[C@@H](C)CC(=O)N(Cc1ncc(-c2ccc3c(c2)COc2cc4c(ccc5[nH]c([C@@H]6CCCN6C(=O)C[C@H](C)CC)nc54)cc2-3)[nH]1)[C@@H](C)CC. The highest BCUT2D eigenvalue weighted by Crippen LogP contribution is 2.43. The fraction of sp³-hybridized carbons (Fsp3) is 0.476. The molecule has 1 fully saturated rings. The Morgan fingerprint density at radius 2 is 1.76 bits per heavy atom. The molecule has 268 valence electrons. The van der Waals surface area contributed by atoms with Gasteiger partial charge in [-0.25, -0.2) is 9.97 Å². The van der Waals surface area contributed by atoms with E-state index in [0.717, 1.165) is 106 Å². The van der Waals surface area contributed by atoms with E-state index in [1.807, 2.05) is 16.0 Å². The normalized spacial score (nSPS) is 17.2. The molecule has 0 saturated carbocycles. The van der Waals surface area contributed by atoms with Crippen molar-refractivity contribution in [2.45, 2.75) is 112 Å². The summed E-state index contributed by atoms with van der Waals surface area (Å²) in [4.78, 5) is 47.2. The summed E-state index contributed by atoms with van der Waals surface area (Å²) in [6.45, 7) is 14.5. The molecule has 0 spiro atoms. The van der Waals surface area contributed by atoms with Gasteiger partial charge in [0.05, 0.1) is 35.5 Å². The number of H-pyrrole nitrogens is 2. The molecule has 3 aromatic carbocycles. The van der Waals surface area contributed by atoms with E-state index < -0.39 is 0 Å². The summed E-state index contributed by atoms with van der Waals surface area (Å²) in [7, 11) is 0. The lowest BCUT2D eigenvalue weighted by Gasteiger charge is -2.29. The Labute approximate surface area is 301 Å². The van der Waals surface area contributed by atoms with Crippen molar-refractivity contribution in [1.29, 1.82) is 0 Å². The Morgan fingerprint density at radius 1 is 0.961 bits per heavy atom. The van der Waals surface area contributed by atoms with Crippen LogP contribution in [0.2, 0.25) is 0 Å². The van der Waals surface area contributed by atoms with Crippen LogP contribution < -0.4 is 4.74 Å². The first-order chi connectivity index (χ1) is 24.7. The van der Waals surface area contributed by atoms with Crippen LogP contribution in [0.1, 0.15) is 110 Å². The molecule has 0 bridgehead atoms. The zero-order valence-electron chi connectivity index (χ0n) is 31.0. The highest BCUT2D eigenvalue weighted by atomic mass is 16.5. The standard InChI is InChI=1S/C42H52N6O3/c1-7-25(4)17-39(49)47-16-10-11-36(47)42-45-34-15-13-28-20-33-31-14-12-29(19-30(31)24-51-37(33)21-32(28)41(34)46-42)35-22-43-38(44-35)23-48(27(6)9-3)40(50)18-26(5)8-2/h12-15,19-22,25-27,36H,7-11,16-18,23-24H2,1-6H3,(H,43,44)(H,45,46)/t25-,26-,27+,36+/m1/s1. The van der Waals surface area contributed by atoms with Crippen LogP contribution in [-0.4, -0.2) is 54.1 Å². The van der Waals surface area contributed by atoms with Crippen molar-refractivity contribution in [2.75, 3.05) is 6.54 Å². The first kappa shape index (κ1) is 34.8. The van der Waals surface area contributed by atoms with Gasteiger partial charge in [0, 0.05) is 36.4 Å². The summed E-state index contributed by atoms with van der Waals surface area (Å²) in [5.74, 6) is 3.67. The van der Waals surface area contributed by atoms with E-state index in [-0.39, 0.29) is 23.9 Å². The number of carbonyl (C=O) groups excluding carboxylic acids is 2. The van der Waals surface area contributed by atoms with Crippen LogP contribution in [0.15, 0.2) is 48.7 Å². The molecule has 51 heavy (non-hydrogen) atoms. The van der Waals surface area contributed by atoms with Gasteiger partial charge in [-0.1, -0.05) is 65.7 Å². The van der Waals surface area contributed by atoms with Crippen LogP contribution in [0.4, 0.5) is 0 Å². The molecular formula is C42H52N6O3. The van der Waals surface area contributed by atoms with Gasteiger partial charge in [-0.05, 0) is 84.4 Å². The van der Waals surface area contributed by atoms with Gasteiger partial charge in [-0.3, -0.25) is 9.59 Å². The van der Waals surface area contributed by atoms with Crippen molar-refractivity contribution in [3.05, 3.63) is 65.9 Å². The fourth-order valence-electron chi connectivity index (χ4n) is 7.56. The molecule has 5 aromatic rings. The maximum atomic E-state index is 13.2. The lowest BCUT2D eigenvalue weighted by Crippen LogP contribution is -2.38. The van der Waals surface area contributed by atoms with Crippen molar-refractivity contribution in [3.63, 3.8) is 0 Å². The Morgan fingerprint density at radius 3 is 2.55 bits per heavy atom. The minimum atomic E-state index is -0.0131. The van der Waals surface area contributed by atoms with Crippen molar-refractivity contribution >= 4 is 33.6 Å². The lowest BCUT2D eigenvalue weighted by molar-refractivity contribution is -0.135. The van der Waals surface area contributed by atoms with Gasteiger partial charge in [-0.2, -0.15) is 0 Å². The molecule has 0 unspecified atom stereocenters. The highest BCUT2D eigenvalue weighted by molar-refractivity contribution is 6.07. The van der Waals surface area contributed by atoms with E-state index >= 15 is 0 Å². The summed E-state index contributed by atoms with van der Waals surface area (Å²) in [6.07, 6.45) is 7.83. The number of fused-ring (bicyclic) bond motifs is 6. The number of benzene rings is 3. The topological polar surface area (TPSA) is 107 Å². The number of aromatic amines is 2. The van der Waals surface area contributed by atoms with Crippen LogP contribution in [0.3, 0.4) is 0 Å². The smallest absolute Gasteiger partial charge is 0.223 e. The van der Waals surface area contributed by atoms with Gasteiger partial charge >= 0.3 is 0 Å². The highest BCUT2D eigenvalue weighted by Gasteiger charge is 2.33. The zero-order valence-corrected chi connectivity index (χ0v) is 31.0. The van der Waals surface area contributed by atoms with Crippen molar-refractivity contribution in [1.82, 2.24) is 29.7 Å². The predicted molar refractivity (Wildman–Crippen MR) is 203 cm³/mol. The second kappa shape index (κ2) is 14.5. The van der Waals surface area contributed by atoms with Crippen molar-refractivity contribution in [3.8, 4) is 28.1 Å². The van der Waals surface area contributed by atoms with Crippen LogP contribution >= 0.6 is 0 Å². The third-order valence-corrected chi connectivity index (χ3v) is 11.4. The average Bonchev–Trinajstić information content (AvgIpc) is 3.92. The number of amides is 2. The van der Waals surface area contributed by atoms with E-state index in [4.69, 9.17) is 9.72 Å². The number of hydrogen-bond donors (Lipinski definition) is 2. The molecule has 0 radical (unpaired) electrons. The molecule has 7 rings (SSSR count). The summed E-state index contributed by atoms with van der Waals surface area (Å²) in [5, 5.41) is 2.14. The van der Waals surface area contributed by atoms with Crippen LogP contribution in [0.25, 0.3) is 44.2 Å². The molecule has 2 amide bonds. The Hall–Kier alpha value is -4.66. The van der Waals surface area contributed by atoms with E-state index in [0.29, 0.717) is 37.8 Å². The first-order valence-corrected chi connectivity index (χ1v) is 19.0. The number of nitrogens with one attached hydrogen (secondary N) is 2. The maximum Gasteiger partial charge on any atom is 0.223 e. The number of aromatic nitrogens is 4.